The van der Waals surface area contributed by atoms with Gasteiger partial charge in [0.25, 0.3) is 0 Å². The van der Waals surface area contributed by atoms with Gasteiger partial charge in [-0.25, -0.2) is 0 Å². The summed E-state index contributed by atoms with van der Waals surface area (Å²) in [5.41, 5.74) is 11.5. The van der Waals surface area contributed by atoms with Crippen molar-refractivity contribution in [2.45, 2.75) is 19.3 Å². The first kappa shape index (κ1) is 28.7. The van der Waals surface area contributed by atoms with Crippen molar-refractivity contribution in [1.82, 2.24) is 0 Å². The van der Waals surface area contributed by atoms with Crippen molar-refractivity contribution in [1.29, 1.82) is 0 Å². The Hall–Kier alpha value is -6.32. The van der Waals surface area contributed by atoms with Crippen molar-refractivity contribution in [3.8, 4) is 22.6 Å². The number of anilines is 6. The summed E-state index contributed by atoms with van der Waals surface area (Å²) in [6.45, 7) is 4.69. The van der Waals surface area contributed by atoms with Gasteiger partial charge < -0.3 is 14.5 Å². The molecule has 0 unspecified atom stereocenters. The molecule has 2 aliphatic heterocycles. The normalized spacial score (nSPS) is 13.7. The fourth-order valence-corrected chi connectivity index (χ4v) is 8.25. The second kappa shape index (κ2) is 10.8. The van der Waals surface area contributed by atoms with Gasteiger partial charge >= 0.3 is 0 Å². The minimum absolute atomic E-state index is 0.262. The molecule has 2 heterocycles. The Balaban J connectivity index is 1.14. The lowest BCUT2D eigenvalue weighted by Gasteiger charge is -2.45. The molecule has 8 aromatic rings. The van der Waals surface area contributed by atoms with Crippen LogP contribution in [-0.4, -0.2) is 0 Å². The highest BCUT2D eigenvalue weighted by Gasteiger charge is 2.42. The molecule has 0 radical (unpaired) electrons. The first-order valence-corrected chi connectivity index (χ1v) is 17.3. The van der Waals surface area contributed by atoms with Gasteiger partial charge in [0.1, 0.15) is 0 Å². The standard InChI is InChI=1S/C47H34N2O/c1-47(2)39-18-11-23-44-46(39)49(41-19-7-8-22-43(41)50-44)42-21-10-17-38(45(42)47)33-25-27-35(28-26-33)48(36-29-24-31-12-3-4-14-34(31)30-36)40-20-9-15-32-13-5-6-16-37(32)40/h3-30H,1-2H3. The molecule has 0 aromatic heterocycles. The maximum absolute atomic E-state index is 6.46. The molecule has 3 nitrogen and oxygen atoms in total. The van der Waals surface area contributed by atoms with Gasteiger partial charge in [0.2, 0.25) is 0 Å². The number of benzene rings is 8. The van der Waals surface area contributed by atoms with E-state index in [-0.39, 0.29) is 5.41 Å². The van der Waals surface area contributed by atoms with Crippen LogP contribution in [0.25, 0.3) is 32.7 Å². The molecule has 0 saturated heterocycles. The van der Waals surface area contributed by atoms with E-state index >= 15 is 0 Å². The van der Waals surface area contributed by atoms with E-state index in [9.17, 15) is 0 Å². The summed E-state index contributed by atoms with van der Waals surface area (Å²) < 4.78 is 6.46. The largest absolute Gasteiger partial charge is 0.453 e. The average molecular weight is 643 g/mol. The zero-order chi connectivity index (χ0) is 33.4. The van der Waals surface area contributed by atoms with Crippen molar-refractivity contribution >= 4 is 55.7 Å². The van der Waals surface area contributed by atoms with Gasteiger partial charge in [0, 0.05) is 22.2 Å². The van der Waals surface area contributed by atoms with Crippen LogP contribution in [0.3, 0.4) is 0 Å². The maximum Gasteiger partial charge on any atom is 0.151 e. The van der Waals surface area contributed by atoms with Crippen LogP contribution in [0.4, 0.5) is 34.1 Å². The molecule has 0 N–H and O–H groups in total. The van der Waals surface area contributed by atoms with Crippen molar-refractivity contribution in [2.24, 2.45) is 0 Å². The van der Waals surface area contributed by atoms with Crippen LogP contribution in [0.1, 0.15) is 25.0 Å². The Kier molecular flexibility index (Phi) is 6.22. The van der Waals surface area contributed by atoms with Gasteiger partial charge in [0.05, 0.1) is 22.7 Å². The fraction of sp³-hybridized carbons (Fsp3) is 0.0638. The quantitative estimate of drug-likeness (QED) is 0.190. The van der Waals surface area contributed by atoms with Crippen LogP contribution in [0.15, 0.2) is 170 Å². The lowest BCUT2D eigenvalue weighted by atomic mass is 9.70. The maximum atomic E-state index is 6.46. The number of hydrogen-bond donors (Lipinski definition) is 0. The smallest absolute Gasteiger partial charge is 0.151 e. The van der Waals surface area contributed by atoms with Crippen LogP contribution in [0.5, 0.6) is 11.5 Å². The number of nitrogens with zero attached hydrogens (tertiary/aromatic N) is 2. The van der Waals surface area contributed by atoms with Crippen molar-refractivity contribution in [2.75, 3.05) is 9.80 Å². The highest BCUT2D eigenvalue weighted by Crippen LogP contribution is 2.61. The predicted molar refractivity (Wildman–Crippen MR) is 208 cm³/mol. The average Bonchev–Trinajstić information content (AvgIpc) is 3.16. The molecule has 50 heavy (non-hydrogen) atoms. The van der Waals surface area contributed by atoms with E-state index < -0.39 is 0 Å². The van der Waals surface area contributed by atoms with Crippen LogP contribution in [0.2, 0.25) is 0 Å². The van der Waals surface area contributed by atoms with E-state index in [4.69, 9.17) is 4.74 Å². The molecule has 0 bridgehead atoms. The van der Waals surface area contributed by atoms with E-state index in [0.29, 0.717) is 0 Å². The summed E-state index contributed by atoms with van der Waals surface area (Å²) in [4.78, 5) is 4.80. The molecule has 0 fully saturated rings. The van der Waals surface area contributed by atoms with E-state index in [1.165, 1.54) is 49.5 Å². The van der Waals surface area contributed by atoms with Gasteiger partial charge in [-0.1, -0.05) is 129 Å². The van der Waals surface area contributed by atoms with E-state index in [1.807, 2.05) is 6.07 Å². The molecule has 238 valence electrons. The lowest BCUT2D eigenvalue weighted by molar-refractivity contribution is 0.471. The minimum atomic E-state index is -0.262. The Morgan fingerprint density at radius 1 is 0.520 bits per heavy atom. The van der Waals surface area contributed by atoms with E-state index in [2.05, 4.69) is 187 Å². The lowest BCUT2D eigenvalue weighted by Crippen LogP contribution is -2.32. The summed E-state index contributed by atoms with van der Waals surface area (Å²) in [7, 11) is 0. The van der Waals surface area contributed by atoms with Gasteiger partial charge in [0.15, 0.2) is 11.5 Å². The van der Waals surface area contributed by atoms with Gasteiger partial charge in [-0.2, -0.15) is 0 Å². The number of hydrogen-bond acceptors (Lipinski definition) is 3. The third-order valence-electron chi connectivity index (χ3n) is 10.6. The van der Waals surface area contributed by atoms with Crippen molar-refractivity contribution in [3.63, 3.8) is 0 Å². The fourth-order valence-electron chi connectivity index (χ4n) is 8.25. The first-order chi connectivity index (χ1) is 24.6. The zero-order valence-electron chi connectivity index (χ0n) is 28.0. The van der Waals surface area contributed by atoms with Gasteiger partial charge in [-0.3, -0.25) is 0 Å². The topological polar surface area (TPSA) is 15.7 Å². The molecule has 3 heteroatoms. The van der Waals surface area contributed by atoms with Gasteiger partial charge in [-0.05, 0) is 93.0 Å². The predicted octanol–water partition coefficient (Wildman–Crippen LogP) is 13.3. The third kappa shape index (κ3) is 4.23. The number of para-hydroxylation sites is 3. The van der Waals surface area contributed by atoms with Gasteiger partial charge in [-0.15, -0.1) is 0 Å². The van der Waals surface area contributed by atoms with E-state index in [1.54, 1.807) is 0 Å². The highest BCUT2D eigenvalue weighted by molar-refractivity contribution is 6.01. The summed E-state index contributed by atoms with van der Waals surface area (Å²) in [5.74, 6) is 1.77. The van der Waals surface area contributed by atoms with Crippen LogP contribution >= 0.6 is 0 Å². The minimum Gasteiger partial charge on any atom is -0.453 e. The molecule has 0 atom stereocenters. The van der Waals surface area contributed by atoms with Crippen molar-refractivity contribution < 1.29 is 4.74 Å². The second-order valence-corrected chi connectivity index (χ2v) is 13.8. The summed E-state index contributed by atoms with van der Waals surface area (Å²) in [6.07, 6.45) is 0. The van der Waals surface area contributed by atoms with Crippen molar-refractivity contribution in [3.05, 3.63) is 181 Å². The van der Waals surface area contributed by atoms with E-state index in [0.717, 1.165) is 39.9 Å². The summed E-state index contributed by atoms with van der Waals surface area (Å²) >= 11 is 0. The third-order valence-corrected chi connectivity index (χ3v) is 10.6. The molecule has 2 aliphatic rings. The van der Waals surface area contributed by atoms with Crippen LogP contribution in [-0.2, 0) is 5.41 Å². The Labute approximate surface area is 292 Å². The van der Waals surface area contributed by atoms with Crippen LogP contribution in [0, 0.1) is 0 Å². The Morgan fingerprint density at radius 2 is 1.18 bits per heavy atom. The SMILES string of the molecule is CC1(C)c2cccc3c2N(c2ccccc2O3)c2cccc(-c3ccc(N(c4ccc5ccccc5c4)c4cccc5ccccc45)cc3)c21. The summed E-state index contributed by atoms with van der Waals surface area (Å²) in [5, 5.41) is 4.89. The zero-order valence-corrected chi connectivity index (χ0v) is 28.0. The molecule has 0 aliphatic carbocycles. The molecule has 0 saturated carbocycles. The summed E-state index contributed by atoms with van der Waals surface area (Å²) in [6, 6.07) is 61.3. The Morgan fingerprint density at radius 3 is 2.06 bits per heavy atom. The molecular weight excluding hydrogens is 609 g/mol. The monoisotopic (exact) mass is 642 g/mol. The Bertz CT molecular complexity index is 2610. The molecule has 0 amide bonds. The molecule has 8 aromatic carbocycles. The number of ether oxygens (including phenoxy) is 1. The highest BCUT2D eigenvalue weighted by atomic mass is 16.5. The molecule has 10 rings (SSSR count). The first-order valence-electron chi connectivity index (χ1n) is 17.3. The van der Waals surface area contributed by atoms with Crippen LogP contribution < -0.4 is 14.5 Å². The second-order valence-electron chi connectivity index (χ2n) is 13.8. The number of fused-ring (bicyclic) bond motifs is 6. The molecular formula is C47H34N2O. The number of rotatable bonds is 4. The molecule has 0 spiro atoms.